The number of hydrogen-bond donors (Lipinski definition) is 2. The molecule has 1 aromatic rings. The van der Waals surface area contributed by atoms with Crippen molar-refractivity contribution < 1.29 is 5.11 Å². The van der Waals surface area contributed by atoms with E-state index in [-0.39, 0.29) is 0 Å². The van der Waals surface area contributed by atoms with Crippen LogP contribution in [0.3, 0.4) is 0 Å². The molecule has 0 aliphatic rings. The van der Waals surface area contributed by atoms with Gasteiger partial charge in [-0.05, 0) is 27.4 Å². The lowest BCUT2D eigenvalue weighted by molar-refractivity contribution is 0.0459. The highest BCUT2D eigenvalue weighted by Crippen LogP contribution is 2.20. The Hall–Kier alpha value is -0.910. The van der Waals surface area contributed by atoms with Crippen LogP contribution >= 0.6 is 11.6 Å². The van der Waals surface area contributed by atoms with Crippen LogP contribution in [0.15, 0.2) is 6.33 Å². The topological polar surface area (TPSA) is 61.3 Å². The summed E-state index contributed by atoms with van der Waals surface area (Å²) in [5.41, 5.74) is 0.0474. The molecule has 6 heteroatoms. The normalized spacial score (nSPS) is 14.6. The van der Waals surface area contributed by atoms with Gasteiger partial charge in [0.15, 0.2) is 0 Å². The Bertz CT molecular complexity index is 396. The lowest BCUT2D eigenvalue weighted by Crippen LogP contribution is -2.43. The summed E-state index contributed by atoms with van der Waals surface area (Å²) in [5, 5.41) is 13.8. The van der Waals surface area contributed by atoms with Gasteiger partial charge in [-0.1, -0.05) is 18.5 Å². The Kier molecular flexibility index (Phi) is 5.31. The maximum atomic E-state index is 10.2. The van der Waals surface area contributed by atoms with Crippen LogP contribution in [0.4, 0.5) is 5.82 Å². The summed E-state index contributed by atoms with van der Waals surface area (Å²) >= 11 is 6.00. The highest BCUT2D eigenvalue weighted by molar-refractivity contribution is 6.30. The second-order valence-electron chi connectivity index (χ2n) is 4.93. The average molecular weight is 273 g/mol. The van der Waals surface area contributed by atoms with E-state index in [2.05, 4.69) is 15.3 Å². The van der Waals surface area contributed by atoms with Crippen LogP contribution in [0.2, 0.25) is 5.15 Å². The predicted octanol–water partition coefficient (Wildman–Crippen LogP) is 1.42. The van der Waals surface area contributed by atoms with E-state index in [1.807, 2.05) is 25.9 Å². The molecular weight excluding hydrogens is 252 g/mol. The second kappa shape index (κ2) is 6.31. The third-order valence-electron chi connectivity index (χ3n) is 2.54. The number of anilines is 1. The average Bonchev–Trinajstić information content (AvgIpc) is 2.24. The number of rotatable bonds is 6. The van der Waals surface area contributed by atoms with Gasteiger partial charge in [0.2, 0.25) is 0 Å². The molecule has 1 heterocycles. The van der Waals surface area contributed by atoms with Gasteiger partial charge in [0, 0.05) is 18.7 Å². The van der Waals surface area contributed by atoms with Crippen molar-refractivity contribution in [1.29, 1.82) is 0 Å². The van der Waals surface area contributed by atoms with Crippen LogP contribution < -0.4 is 5.32 Å². The highest BCUT2D eigenvalue weighted by atomic mass is 35.5. The van der Waals surface area contributed by atoms with E-state index in [9.17, 15) is 5.11 Å². The van der Waals surface area contributed by atoms with Gasteiger partial charge in [0.25, 0.3) is 0 Å². The molecule has 1 unspecified atom stereocenters. The van der Waals surface area contributed by atoms with Crippen molar-refractivity contribution in [2.45, 2.75) is 25.9 Å². The molecule has 0 aliphatic heterocycles. The summed E-state index contributed by atoms with van der Waals surface area (Å²) < 4.78 is 0. The zero-order chi connectivity index (χ0) is 13.8. The molecule has 0 aromatic carbocycles. The molecule has 0 bridgehead atoms. The van der Waals surface area contributed by atoms with Gasteiger partial charge in [0.1, 0.15) is 17.3 Å². The zero-order valence-electron chi connectivity index (χ0n) is 11.4. The molecule has 0 aliphatic carbocycles. The first-order valence-corrected chi connectivity index (χ1v) is 6.34. The Balaban J connectivity index is 2.71. The minimum Gasteiger partial charge on any atom is -0.387 e. The van der Waals surface area contributed by atoms with Crippen molar-refractivity contribution in [3.8, 4) is 0 Å². The van der Waals surface area contributed by atoms with Crippen LogP contribution in [0.1, 0.15) is 19.4 Å². The van der Waals surface area contributed by atoms with E-state index in [4.69, 9.17) is 11.6 Å². The molecule has 0 fully saturated rings. The quantitative estimate of drug-likeness (QED) is 0.767. The van der Waals surface area contributed by atoms with Crippen molar-refractivity contribution in [3.63, 3.8) is 0 Å². The fourth-order valence-corrected chi connectivity index (χ4v) is 2.13. The Morgan fingerprint density at radius 3 is 2.67 bits per heavy atom. The first kappa shape index (κ1) is 15.1. The van der Waals surface area contributed by atoms with Crippen molar-refractivity contribution in [2.75, 3.05) is 32.5 Å². The predicted molar refractivity (Wildman–Crippen MR) is 74.1 cm³/mol. The molecule has 1 aromatic heterocycles. The minimum atomic E-state index is -0.827. The van der Waals surface area contributed by atoms with Gasteiger partial charge in [-0.2, -0.15) is 0 Å². The first-order chi connectivity index (χ1) is 8.35. The standard InChI is InChI=1S/C12H21ClN4O/c1-5-9-10(13)15-8-16-11(9)14-6-12(2,18)7-17(3)4/h8,18H,5-7H2,1-4H3,(H,14,15,16). The van der Waals surface area contributed by atoms with Gasteiger partial charge < -0.3 is 15.3 Å². The molecule has 0 spiro atoms. The van der Waals surface area contributed by atoms with E-state index in [0.717, 1.165) is 12.0 Å². The molecule has 18 heavy (non-hydrogen) atoms. The molecule has 0 amide bonds. The molecule has 2 N–H and O–H groups in total. The fraction of sp³-hybridized carbons (Fsp3) is 0.667. The number of aromatic nitrogens is 2. The number of nitrogens with zero attached hydrogens (tertiary/aromatic N) is 3. The Morgan fingerprint density at radius 1 is 1.44 bits per heavy atom. The SMILES string of the molecule is CCc1c(Cl)ncnc1NCC(C)(O)CN(C)C. The van der Waals surface area contributed by atoms with Crippen molar-refractivity contribution >= 4 is 17.4 Å². The van der Waals surface area contributed by atoms with E-state index in [0.29, 0.717) is 24.1 Å². The highest BCUT2D eigenvalue weighted by Gasteiger charge is 2.22. The molecule has 1 rings (SSSR count). The monoisotopic (exact) mass is 272 g/mol. The number of hydrogen-bond acceptors (Lipinski definition) is 5. The van der Waals surface area contributed by atoms with Crippen LogP contribution in [-0.4, -0.2) is 52.8 Å². The van der Waals surface area contributed by atoms with E-state index < -0.39 is 5.60 Å². The van der Waals surface area contributed by atoms with Crippen LogP contribution in [0.25, 0.3) is 0 Å². The molecule has 5 nitrogen and oxygen atoms in total. The first-order valence-electron chi connectivity index (χ1n) is 5.96. The van der Waals surface area contributed by atoms with Crippen LogP contribution in [-0.2, 0) is 6.42 Å². The summed E-state index contributed by atoms with van der Waals surface area (Å²) in [6.07, 6.45) is 2.17. The van der Waals surface area contributed by atoms with E-state index >= 15 is 0 Å². The van der Waals surface area contributed by atoms with Gasteiger partial charge in [-0.3, -0.25) is 0 Å². The number of nitrogens with one attached hydrogen (secondary N) is 1. The lowest BCUT2D eigenvalue weighted by atomic mass is 10.1. The summed E-state index contributed by atoms with van der Waals surface area (Å²) in [4.78, 5) is 10.0. The smallest absolute Gasteiger partial charge is 0.137 e. The van der Waals surface area contributed by atoms with Crippen LogP contribution in [0, 0.1) is 0 Å². The number of likely N-dealkylation sites (N-methyl/N-ethyl adjacent to an activating group) is 1. The van der Waals surface area contributed by atoms with Crippen molar-refractivity contribution in [3.05, 3.63) is 17.0 Å². The molecule has 102 valence electrons. The zero-order valence-corrected chi connectivity index (χ0v) is 12.1. The van der Waals surface area contributed by atoms with Crippen LogP contribution in [0.5, 0.6) is 0 Å². The van der Waals surface area contributed by atoms with Gasteiger partial charge in [-0.15, -0.1) is 0 Å². The van der Waals surface area contributed by atoms with Gasteiger partial charge >= 0.3 is 0 Å². The summed E-state index contributed by atoms with van der Waals surface area (Å²) in [5.74, 6) is 0.691. The molecule has 1 atom stereocenters. The number of aliphatic hydroxyl groups is 1. The largest absolute Gasteiger partial charge is 0.387 e. The summed E-state index contributed by atoms with van der Waals surface area (Å²) in [6.45, 7) is 4.76. The van der Waals surface area contributed by atoms with Crippen molar-refractivity contribution in [2.24, 2.45) is 0 Å². The molecule has 0 saturated heterocycles. The van der Waals surface area contributed by atoms with E-state index in [1.54, 1.807) is 6.92 Å². The van der Waals surface area contributed by atoms with Gasteiger partial charge in [0.05, 0.1) is 5.60 Å². The summed E-state index contributed by atoms with van der Waals surface area (Å²) in [6, 6.07) is 0. The summed E-state index contributed by atoms with van der Waals surface area (Å²) in [7, 11) is 3.85. The Labute approximate surface area is 113 Å². The van der Waals surface area contributed by atoms with E-state index in [1.165, 1.54) is 6.33 Å². The maximum absolute atomic E-state index is 10.2. The third-order valence-corrected chi connectivity index (χ3v) is 2.87. The maximum Gasteiger partial charge on any atom is 0.137 e. The van der Waals surface area contributed by atoms with Gasteiger partial charge in [-0.25, -0.2) is 9.97 Å². The second-order valence-corrected chi connectivity index (χ2v) is 5.29. The molecule has 0 saturated carbocycles. The molecular formula is C12H21ClN4O. The third kappa shape index (κ3) is 4.40. The Morgan fingerprint density at radius 2 is 2.11 bits per heavy atom. The lowest BCUT2D eigenvalue weighted by Gasteiger charge is -2.27. The molecule has 0 radical (unpaired) electrons. The van der Waals surface area contributed by atoms with Crippen molar-refractivity contribution in [1.82, 2.24) is 14.9 Å². The number of halogens is 1. The minimum absolute atomic E-state index is 0.408. The fourth-order valence-electron chi connectivity index (χ4n) is 1.87.